The minimum atomic E-state index is -1.23. The van der Waals surface area contributed by atoms with Crippen LogP contribution in [0, 0.1) is 31.6 Å². The Bertz CT molecular complexity index is 235. The van der Waals surface area contributed by atoms with Gasteiger partial charge in [-0.15, -0.1) is 20.2 Å². The molecule has 72 valence electrons. The maximum atomic E-state index is 9.78. The molecule has 0 amide bonds. The first kappa shape index (κ1) is 10.9. The van der Waals surface area contributed by atoms with E-state index in [0.717, 1.165) is 0 Å². The van der Waals surface area contributed by atoms with Gasteiger partial charge >= 0.3 is 0 Å². The predicted octanol–water partition coefficient (Wildman–Crippen LogP) is -0.315. The van der Waals surface area contributed by atoms with E-state index in [1.54, 1.807) is 6.07 Å². The SMILES string of the molecule is N#CCC(CO[N+](=O)[O-])O[N+](=O)[O-]. The van der Waals surface area contributed by atoms with Crippen molar-refractivity contribution in [3.8, 4) is 6.07 Å². The summed E-state index contributed by atoms with van der Waals surface area (Å²) >= 11 is 0. The van der Waals surface area contributed by atoms with Crippen molar-refractivity contribution in [1.29, 1.82) is 5.26 Å². The summed E-state index contributed by atoms with van der Waals surface area (Å²) in [7, 11) is 0. The van der Waals surface area contributed by atoms with E-state index in [9.17, 15) is 20.2 Å². The van der Waals surface area contributed by atoms with Crippen LogP contribution >= 0.6 is 0 Å². The highest BCUT2D eigenvalue weighted by atomic mass is 17.0. The number of rotatable bonds is 6. The van der Waals surface area contributed by atoms with Crippen LogP contribution in [0.5, 0.6) is 0 Å². The molecule has 0 saturated carbocycles. The Kier molecular flexibility index (Phi) is 4.63. The van der Waals surface area contributed by atoms with Crippen LogP contribution in [0.15, 0.2) is 0 Å². The minimum absolute atomic E-state index is 0.352. The topological polar surface area (TPSA) is 129 Å². The molecular weight excluding hydrogens is 186 g/mol. The molecule has 0 aromatic rings. The average molecular weight is 191 g/mol. The van der Waals surface area contributed by atoms with Crippen molar-refractivity contribution in [3.05, 3.63) is 20.2 Å². The van der Waals surface area contributed by atoms with E-state index in [4.69, 9.17) is 5.26 Å². The van der Waals surface area contributed by atoms with Crippen molar-refractivity contribution >= 4 is 0 Å². The van der Waals surface area contributed by atoms with E-state index in [2.05, 4.69) is 9.68 Å². The zero-order valence-corrected chi connectivity index (χ0v) is 6.28. The predicted molar refractivity (Wildman–Crippen MR) is 35.0 cm³/mol. The Labute approximate surface area is 71.7 Å². The molecule has 0 spiro atoms. The summed E-state index contributed by atoms with van der Waals surface area (Å²) in [6, 6.07) is 1.56. The lowest BCUT2D eigenvalue weighted by atomic mass is 10.3. The molecule has 0 rings (SSSR count). The monoisotopic (exact) mass is 191 g/mol. The van der Waals surface area contributed by atoms with Crippen LogP contribution in [0.3, 0.4) is 0 Å². The molecule has 0 heterocycles. The largest absolute Gasteiger partial charge is 0.312 e. The van der Waals surface area contributed by atoms with Gasteiger partial charge in [0.15, 0.2) is 0 Å². The lowest BCUT2D eigenvalue weighted by molar-refractivity contribution is -0.789. The fraction of sp³-hybridized carbons (Fsp3) is 0.750. The minimum Gasteiger partial charge on any atom is -0.312 e. The van der Waals surface area contributed by atoms with Gasteiger partial charge in [-0.3, -0.25) is 0 Å². The molecule has 0 N–H and O–H groups in total. The van der Waals surface area contributed by atoms with Crippen LogP contribution in [0.1, 0.15) is 6.42 Å². The Hall–Kier alpha value is -2.11. The highest BCUT2D eigenvalue weighted by molar-refractivity contribution is 4.74. The van der Waals surface area contributed by atoms with Crippen LogP contribution in [0.4, 0.5) is 0 Å². The molecule has 0 fully saturated rings. The fourth-order valence-corrected chi connectivity index (χ4v) is 0.494. The van der Waals surface area contributed by atoms with Gasteiger partial charge in [0.05, 0.1) is 12.5 Å². The van der Waals surface area contributed by atoms with Crippen LogP contribution in [-0.2, 0) is 9.68 Å². The van der Waals surface area contributed by atoms with Crippen molar-refractivity contribution < 1.29 is 19.8 Å². The number of hydrogen-bond donors (Lipinski definition) is 0. The van der Waals surface area contributed by atoms with Gasteiger partial charge < -0.3 is 9.68 Å². The van der Waals surface area contributed by atoms with Gasteiger partial charge in [0.1, 0.15) is 12.7 Å². The molecule has 1 atom stereocenters. The summed E-state index contributed by atoms with van der Waals surface area (Å²) in [5.74, 6) is 0. The molecule has 0 aliphatic carbocycles. The maximum absolute atomic E-state index is 9.78. The normalized spacial score (nSPS) is 11.0. The molecule has 0 aromatic heterocycles. The van der Waals surface area contributed by atoms with E-state index < -0.39 is 22.9 Å². The van der Waals surface area contributed by atoms with E-state index in [-0.39, 0.29) is 6.42 Å². The Morgan fingerprint density at radius 3 is 2.38 bits per heavy atom. The highest BCUT2D eigenvalue weighted by Crippen LogP contribution is 1.98. The molecule has 1 unspecified atom stereocenters. The first-order chi connectivity index (χ1) is 6.06. The average Bonchev–Trinajstić information content (AvgIpc) is 1.99. The number of nitrogens with zero attached hydrogens (tertiary/aromatic N) is 3. The fourth-order valence-electron chi connectivity index (χ4n) is 0.494. The molecule has 9 nitrogen and oxygen atoms in total. The molecular formula is C4H5N3O6. The molecule has 0 aliphatic heterocycles. The molecule has 9 heteroatoms. The summed E-state index contributed by atoms with van der Waals surface area (Å²) in [5.41, 5.74) is 0. The standard InChI is InChI=1S/C4H5N3O6/c5-2-1-4(13-7(10)11)3-12-6(8)9/h4H,1,3H2. The zero-order valence-electron chi connectivity index (χ0n) is 6.28. The second-order valence-electron chi connectivity index (χ2n) is 1.83. The van der Waals surface area contributed by atoms with Gasteiger partial charge in [-0.25, -0.2) is 0 Å². The summed E-state index contributed by atoms with van der Waals surface area (Å²) < 4.78 is 0. The maximum Gasteiger partial charge on any atom is 0.294 e. The summed E-state index contributed by atoms with van der Waals surface area (Å²) in [6.45, 7) is -0.637. The molecule has 0 bridgehead atoms. The van der Waals surface area contributed by atoms with Gasteiger partial charge in [-0.05, 0) is 0 Å². The van der Waals surface area contributed by atoms with Crippen molar-refractivity contribution in [2.45, 2.75) is 12.5 Å². The van der Waals surface area contributed by atoms with Gasteiger partial charge in [-0.2, -0.15) is 5.26 Å². The lowest BCUT2D eigenvalue weighted by Gasteiger charge is -2.08. The highest BCUT2D eigenvalue weighted by Gasteiger charge is 2.14. The first-order valence-electron chi connectivity index (χ1n) is 3.01. The van der Waals surface area contributed by atoms with Crippen molar-refractivity contribution in [2.24, 2.45) is 0 Å². The van der Waals surface area contributed by atoms with Gasteiger partial charge in [0.2, 0.25) is 0 Å². The van der Waals surface area contributed by atoms with Gasteiger partial charge in [0.25, 0.3) is 10.2 Å². The second kappa shape index (κ2) is 5.53. The third-order valence-electron chi connectivity index (χ3n) is 0.920. The molecule has 0 saturated heterocycles. The van der Waals surface area contributed by atoms with Crippen LogP contribution < -0.4 is 0 Å². The van der Waals surface area contributed by atoms with Crippen molar-refractivity contribution in [3.63, 3.8) is 0 Å². The zero-order chi connectivity index (χ0) is 10.3. The van der Waals surface area contributed by atoms with E-state index >= 15 is 0 Å². The van der Waals surface area contributed by atoms with Crippen molar-refractivity contribution in [2.75, 3.05) is 6.61 Å². The number of hydrogen-bond acceptors (Lipinski definition) is 7. The molecule has 0 aliphatic rings. The Morgan fingerprint density at radius 1 is 1.38 bits per heavy atom. The summed E-state index contributed by atoms with van der Waals surface area (Å²) in [6.07, 6.45) is -1.58. The summed E-state index contributed by atoms with van der Waals surface area (Å²) in [4.78, 5) is 27.2. The third kappa shape index (κ3) is 6.29. The first-order valence-corrected chi connectivity index (χ1v) is 3.01. The van der Waals surface area contributed by atoms with E-state index in [1.165, 1.54) is 0 Å². The molecule has 0 radical (unpaired) electrons. The van der Waals surface area contributed by atoms with Gasteiger partial charge in [0, 0.05) is 0 Å². The Morgan fingerprint density at radius 2 is 2.00 bits per heavy atom. The van der Waals surface area contributed by atoms with Crippen LogP contribution in [0.2, 0.25) is 0 Å². The number of nitriles is 1. The van der Waals surface area contributed by atoms with E-state index in [0.29, 0.717) is 0 Å². The molecule has 0 aromatic carbocycles. The smallest absolute Gasteiger partial charge is 0.294 e. The third-order valence-corrected chi connectivity index (χ3v) is 0.920. The van der Waals surface area contributed by atoms with Crippen molar-refractivity contribution in [1.82, 2.24) is 0 Å². The second-order valence-corrected chi connectivity index (χ2v) is 1.83. The van der Waals surface area contributed by atoms with E-state index in [1.807, 2.05) is 0 Å². The van der Waals surface area contributed by atoms with Gasteiger partial charge in [-0.1, -0.05) is 0 Å². The van der Waals surface area contributed by atoms with Crippen LogP contribution in [-0.4, -0.2) is 22.9 Å². The molecule has 13 heavy (non-hydrogen) atoms. The Balaban J connectivity index is 3.88. The summed E-state index contributed by atoms with van der Waals surface area (Å²) in [5, 5.41) is 25.3. The lowest BCUT2D eigenvalue weighted by Crippen LogP contribution is -2.24. The quantitative estimate of drug-likeness (QED) is 0.415. The van der Waals surface area contributed by atoms with Crippen LogP contribution in [0.25, 0.3) is 0 Å².